The third-order valence-corrected chi connectivity index (χ3v) is 10.9. The topological polar surface area (TPSA) is 40.5 Å². The molecule has 0 aromatic heterocycles. The first kappa shape index (κ1) is 22.8. The SMILES string of the molecule is CC(C)CCC[C@@H](C)[C@H]1CCC2C3=C(CC[C@@]21C)[C@@]1(C)CC[C@H](O)C[C@]1(CO)CC3. The van der Waals surface area contributed by atoms with E-state index in [2.05, 4.69) is 34.6 Å². The standard InChI is InChI=1S/C28H48O2/c1-19(2)7-6-8-20(3)23-9-10-24-22-12-16-28(18-29)17-21(30)11-15-27(28,5)25(22)13-14-26(23,24)4/h19-21,23-24,29-30H,6-18H2,1-5H3/t20-,21+,23-,24?,26-,27-,28+/m1/s1. The van der Waals surface area contributed by atoms with Crippen LogP contribution in [0.4, 0.5) is 0 Å². The Morgan fingerprint density at radius 2 is 1.73 bits per heavy atom. The maximum Gasteiger partial charge on any atom is 0.0547 e. The molecule has 0 aliphatic heterocycles. The number of allylic oxidation sites excluding steroid dienone is 2. The molecule has 2 saturated carbocycles. The van der Waals surface area contributed by atoms with Crippen LogP contribution in [0.15, 0.2) is 11.1 Å². The molecule has 4 aliphatic rings. The van der Waals surface area contributed by atoms with Gasteiger partial charge in [-0.25, -0.2) is 0 Å². The van der Waals surface area contributed by atoms with Crippen molar-refractivity contribution >= 4 is 0 Å². The summed E-state index contributed by atoms with van der Waals surface area (Å²) in [7, 11) is 0. The quantitative estimate of drug-likeness (QED) is 0.463. The van der Waals surface area contributed by atoms with Crippen molar-refractivity contribution in [3.05, 3.63) is 11.1 Å². The molecule has 0 aromatic carbocycles. The molecule has 0 saturated heterocycles. The fourth-order valence-electron chi connectivity index (χ4n) is 8.94. The van der Waals surface area contributed by atoms with E-state index in [1.165, 1.54) is 51.4 Å². The van der Waals surface area contributed by atoms with Crippen molar-refractivity contribution in [1.29, 1.82) is 0 Å². The largest absolute Gasteiger partial charge is 0.396 e. The van der Waals surface area contributed by atoms with Crippen LogP contribution in [0.5, 0.6) is 0 Å². The van der Waals surface area contributed by atoms with E-state index in [0.717, 1.165) is 49.4 Å². The smallest absolute Gasteiger partial charge is 0.0547 e. The van der Waals surface area contributed by atoms with Gasteiger partial charge < -0.3 is 10.2 Å². The number of hydrogen-bond acceptors (Lipinski definition) is 2. The number of hydrogen-bond donors (Lipinski definition) is 2. The molecule has 0 bridgehead atoms. The summed E-state index contributed by atoms with van der Waals surface area (Å²) in [5.74, 6) is 3.34. The van der Waals surface area contributed by atoms with Gasteiger partial charge in [0.2, 0.25) is 0 Å². The molecule has 0 aromatic rings. The minimum atomic E-state index is -0.219. The van der Waals surface area contributed by atoms with Crippen molar-refractivity contribution in [3.8, 4) is 0 Å². The average Bonchev–Trinajstić information content (AvgIpc) is 3.05. The van der Waals surface area contributed by atoms with Gasteiger partial charge in [-0.3, -0.25) is 0 Å². The molecular weight excluding hydrogens is 368 g/mol. The second-order valence-corrected chi connectivity index (χ2v) is 12.7. The highest BCUT2D eigenvalue weighted by Crippen LogP contribution is 2.68. The normalized spacial score (nSPS) is 44.6. The van der Waals surface area contributed by atoms with Crippen LogP contribution in [0.2, 0.25) is 0 Å². The summed E-state index contributed by atoms with van der Waals surface area (Å²) in [5.41, 5.74) is 4.05. The highest BCUT2D eigenvalue weighted by molar-refractivity contribution is 5.36. The molecule has 30 heavy (non-hydrogen) atoms. The lowest BCUT2D eigenvalue weighted by atomic mass is 9.45. The zero-order valence-electron chi connectivity index (χ0n) is 20.5. The van der Waals surface area contributed by atoms with Crippen LogP contribution < -0.4 is 0 Å². The Labute approximate surface area is 185 Å². The molecule has 7 atom stereocenters. The van der Waals surface area contributed by atoms with E-state index in [1.807, 2.05) is 5.57 Å². The van der Waals surface area contributed by atoms with Gasteiger partial charge in [-0.15, -0.1) is 0 Å². The minimum Gasteiger partial charge on any atom is -0.396 e. The average molecular weight is 417 g/mol. The fraction of sp³-hybridized carbons (Fsp3) is 0.929. The molecule has 4 aliphatic carbocycles. The van der Waals surface area contributed by atoms with E-state index in [1.54, 1.807) is 5.57 Å². The van der Waals surface area contributed by atoms with Gasteiger partial charge >= 0.3 is 0 Å². The van der Waals surface area contributed by atoms with E-state index in [-0.39, 0.29) is 23.5 Å². The molecule has 0 radical (unpaired) electrons. The highest BCUT2D eigenvalue weighted by Gasteiger charge is 2.60. The first-order valence-electron chi connectivity index (χ1n) is 13.2. The van der Waals surface area contributed by atoms with Gasteiger partial charge in [0.15, 0.2) is 0 Å². The van der Waals surface area contributed by atoms with Crippen LogP contribution in [-0.2, 0) is 0 Å². The van der Waals surface area contributed by atoms with Gasteiger partial charge in [-0.05, 0) is 92.3 Å². The van der Waals surface area contributed by atoms with Crippen LogP contribution in [-0.4, -0.2) is 22.9 Å². The summed E-state index contributed by atoms with van der Waals surface area (Å²) in [6.07, 6.45) is 14.4. The van der Waals surface area contributed by atoms with E-state index in [0.29, 0.717) is 5.41 Å². The third kappa shape index (κ3) is 3.43. The Bertz CT molecular complexity index is 666. The van der Waals surface area contributed by atoms with E-state index < -0.39 is 0 Å². The highest BCUT2D eigenvalue weighted by atomic mass is 16.3. The maximum atomic E-state index is 10.5. The summed E-state index contributed by atoms with van der Waals surface area (Å²) < 4.78 is 0. The molecule has 0 amide bonds. The van der Waals surface area contributed by atoms with Crippen molar-refractivity contribution in [1.82, 2.24) is 0 Å². The van der Waals surface area contributed by atoms with Crippen molar-refractivity contribution in [2.75, 3.05) is 6.61 Å². The maximum absolute atomic E-state index is 10.5. The zero-order valence-corrected chi connectivity index (χ0v) is 20.5. The second kappa shape index (κ2) is 8.22. The molecule has 1 unspecified atom stereocenters. The molecule has 4 rings (SSSR count). The molecule has 2 nitrogen and oxygen atoms in total. The van der Waals surface area contributed by atoms with E-state index >= 15 is 0 Å². The van der Waals surface area contributed by atoms with E-state index in [4.69, 9.17) is 0 Å². The van der Waals surface area contributed by atoms with Gasteiger partial charge in [0, 0.05) is 12.0 Å². The summed E-state index contributed by atoms with van der Waals surface area (Å²) in [5, 5.41) is 20.9. The van der Waals surface area contributed by atoms with Gasteiger partial charge in [-0.1, -0.05) is 65.0 Å². The van der Waals surface area contributed by atoms with Gasteiger partial charge in [0.1, 0.15) is 0 Å². The lowest BCUT2D eigenvalue weighted by Gasteiger charge is -2.60. The van der Waals surface area contributed by atoms with Crippen molar-refractivity contribution < 1.29 is 10.2 Å². The summed E-state index contributed by atoms with van der Waals surface area (Å²) in [6.45, 7) is 12.6. The Morgan fingerprint density at radius 1 is 0.967 bits per heavy atom. The monoisotopic (exact) mass is 416 g/mol. The molecular formula is C28H48O2. The molecule has 172 valence electrons. The summed E-state index contributed by atoms with van der Waals surface area (Å²) >= 11 is 0. The first-order chi connectivity index (χ1) is 14.2. The molecule has 2 heteroatoms. The van der Waals surface area contributed by atoms with Crippen LogP contribution in [0, 0.1) is 39.9 Å². The first-order valence-corrected chi connectivity index (χ1v) is 13.2. The zero-order chi connectivity index (χ0) is 21.7. The third-order valence-electron chi connectivity index (χ3n) is 10.9. The van der Waals surface area contributed by atoms with Crippen molar-refractivity contribution in [3.63, 3.8) is 0 Å². The second-order valence-electron chi connectivity index (χ2n) is 12.7. The summed E-state index contributed by atoms with van der Waals surface area (Å²) in [6, 6.07) is 0. The lowest BCUT2D eigenvalue weighted by molar-refractivity contribution is -0.0887. The Balaban J connectivity index is 1.58. The Kier molecular flexibility index (Phi) is 6.26. The van der Waals surface area contributed by atoms with Gasteiger partial charge in [0.25, 0.3) is 0 Å². The van der Waals surface area contributed by atoms with Gasteiger partial charge in [-0.2, -0.15) is 0 Å². The Morgan fingerprint density at radius 3 is 2.43 bits per heavy atom. The number of aliphatic hydroxyl groups excluding tert-OH is 2. The fourth-order valence-corrected chi connectivity index (χ4v) is 8.94. The molecule has 0 spiro atoms. The number of fused-ring (bicyclic) bond motifs is 4. The molecule has 2 N–H and O–H groups in total. The molecule has 0 heterocycles. The van der Waals surface area contributed by atoms with Gasteiger partial charge in [0.05, 0.1) is 6.10 Å². The summed E-state index contributed by atoms with van der Waals surface area (Å²) in [4.78, 5) is 0. The molecule has 2 fully saturated rings. The van der Waals surface area contributed by atoms with Crippen LogP contribution in [0.3, 0.4) is 0 Å². The number of aliphatic hydroxyl groups is 2. The predicted molar refractivity (Wildman–Crippen MR) is 125 cm³/mol. The van der Waals surface area contributed by atoms with Crippen LogP contribution in [0.25, 0.3) is 0 Å². The minimum absolute atomic E-state index is 0.0839. The van der Waals surface area contributed by atoms with Crippen molar-refractivity contribution in [2.45, 2.75) is 118 Å². The predicted octanol–water partition coefficient (Wildman–Crippen LogP) is 6.90. The number of rotatable bonds is 6. The lowest BCUT2D eigenvalue weighted by Crippen LogP contribution is -2.54. The van der Waals surface area contributed by atoms with Crippen LogP contribution in [0.1, 0.15) is 112 Å². The van der Waals surface area contributed by atoms with Crippen molar-refractivity contribution in [2.24, 2.45) is 39.9 Å². The van der Waals surface area contributed by atoms with Crippen LogP contribution >= 0.6 is 0 Å². The van der Waals surface area contributed by atoms with E-state index in [9.17, 15) is 10.2 Å². The Hall–Kier alpha value is -0.340.